The van der Waals surface area contributed by atoms with Crippen LogP contribution >= 0.6 is 11.3 Å². The molecule has 3 rings (SSSR count). The fourth-order valence-corrected chi connectivity index (χ4v) is 4.16. The minimum atomic E-state index is -0.466. The van der Waals surface area contributed by atoms with Crippen LogP contribution < -0.4 is 10.6 Å². The van der Waals surface area contributed by atoms with E-state index in [9.17, 15) is 9.59 Å². The lowest BCUT2D eigenvalue weighted by Gasteiger charge is -2.35. The third-order valence-corrected chi connectivity index (χ3v) is 5.70. The number of aromatic nitrogens is 1. The summed E-state index contributed by atoms with van der Waals surface area (Å²) in [5, 5.41) is 5.90. The molecule has 3 amide bonds. The van der Waals surface area contributed by atoms with Crippen molar-refractivity contribution >= 4 is 33.5 Å². The van der Waals surface area contributed by atoms with Crippen LogP contribution in [0.2, 0.25) is 0 Å². The molecule has 1 aromatic carbocycles. The minimum Gasteiger partial charge on any atom is -0.341 e. The second-order valence-electron chi connectivity index (χ2n) is 6.10. The van der Waals surface area contributed by atoms with Crippen LogP contribution in [0.5, 0.6) is 0 Å². The minimum absolute atomic E-state index is 0.265. The summed E-state index contributed by atoms with van der Waals surface area (Å²) in [4.78, 5) is 30.4. The van der Waals surface area contributed by atoms with E-state index in [4.69, 9.17) is 4.98 Å². The molecule has 1 aliphatic rings. The van der Waals surface area contributed by atoms with Gasteiger partial charge in [0, 0.05) is 19.5 Å². The zero-order valence-corrected chi connectivity index (χ0v) is 14.7. The first-order chi connectivity index (χ1) is 11.6. The van der Waals surface area contributed by atoms with E-state index in [0.717, 1.165) is 36.5 Å². The second-order valence-corrected chi connectivity index (χ2v) is 7.16. The van der Waals surface area contributed by atoms with Crippen molar-refractivity contribution < 1.29 is 9.59 Å². The monoisotopic (exact) mass is 346 g/mol. The van der Waals surface area contributed by atoms with E-state index < -0.39 is 6.03 Å². The van der Waals surface area contributed by atoms with Crippen LogP contribution in [0.1, 0.15) is 30.7 Å². The van der Waals surface area contributed by atoms with Gasteiger partial charge in [0.1, 0.15) is 0 Å². The maximum absolute atomic E-state index is 12.2. The second kappa shape index (κ2) is 7.27. The number of likely N-dealkylation sites (tertiary alicyclic amines) is 1. The standard InChI is InChI=1S/C17H22N4O2S/c1-11(15(22)20-17(23)18-2)21-9-5-6-12(10-21)16-19-13-7-3-4-8-14(13)24-16/h3-4,7-8,11-12H,5-6,9-10H2,1-2H3,(H2,18,20,22,23)/t11-,12+/m1/s1. The molecular formula is C17H22N4O2S. The number of piperidine rings is 1. The fourth-order valence-electron chi connectivity index (χ4n) is 3.07. The summed E-state index contributed by atoms with van der Waals surface area (Å²) in [6.45, 7) is 3.50. The highest BCUT2D eigenvalue weighted by atomic mass is 32.1. The number of benzene rings is 1. The molecule has 2 heterocycles. The molecule has 6 nitrogen and oxygen atoms in total. The number of hydrogen-bond acceptors (Lipinski definition) is 5. The van der Waals surface area contributed by atoms with Crippen molar-refractivity contribution in [1.29, 1.82) is 0 Å². The van der Waals surface area contributed by atoms with Crippen molar-refractivity contribution in [3.63, 3.8) is 0 Å². The number of hydrogen-bond donors (Lipinski definition) is 2. The van der Waals surface area contributed by atoms with Gasteiger partial charge in [0.25, 0.3) is 0 Å². The molecule has 1 aromatic heterocycles. The van der Waals surface area contributed by atoms with Gasteiger partial charge >= 0.3 is 6.03 Å². The number of carbonyl (C=O) groups is 2. The van der Waals surface area contributed by atoms with E-state index in [1.54, 1.807) is 11.3 Å². The Morgan fingerprint density at radius 3 is 2.92 bits per heavy atom. The number of thiazole rings is 1. The van der Waals surface area contributed by atoms with Crippen molar-refractivity contribution in [2.24, 2.45) is 0 Å². The molecule has 0 spiro atoms. The summed E-state index contributed by atoms with van der Waals surface area (Å²) in [5.74, 6) is 0.0747. The van der Waals surface area contributed by atoms with Gasteiger partial charge in [-0.2, -0.15) is 0 Å². The van der Waals surface area contributed by atoms with Crippen molar-refractivity contribution in [3.05, 3.63) is 29.3 Å². The average Bonchev–Trinajstić information content (AvgIpc) is 3.05. The number of nitrogens with one attached hydrogen (secondary N) is 2. The summed E-state index contributed by atoms with van der Waals surface area (Å²) in [6, 6.07) is 7.37. The first-order valence-corrected chi connectivity index (χ1v) is 9.02. The van der Waals surface area contributed by atoms with E-state index in [1.807, 2.05) is 25.1 Å². The van der Waals surface area contributed by atoms with Gasteiger partial charge in [-0.1, -0.05) is 12.1 Å². The molecule has 0 radical (unpaired) electrons. The predicted molar refractivity (Wildman–Crippen MR) is 95.2 cm³/mol. The van der Waals surface area contributed by atoms with Gasteiger partial charge in [0.05, 0.1) is 21.3 Å². The molecule has 7 heteroatoms. The number of amides is 3. The van der Waals surface area contributed by atoms with Crippen molar-refractivity contribution in [2.45, 2.75) is 31.7 Å². The largest absolute Gasteiger partial charge is 0.341 e. The molecule has 2 aromatic rings. The third-order valence-electron chi connectivity index (χ3n) is 4.50. The first kappa shape index (κ1) is 16.9. The topological polar surface area (TPSA) is 74.3 Å². The maximum Gasteiger partial charge on any atom is 0.321 e. The number of fused-ring (bicyclic) bond motifs is 1. The van der Waals surface area contributed by atoms with Crippen LogP contribution in [0.4, 0.5) is 4.79 Å². The Labute approximate surface area is 145 Å². The Morgan fingerprint density at radius 1 is 1.38 bits per heavy atom. The Balaban J connectivity index is 1.69. The van der Waals surface area contributed by atoms with Gasteiger partial charge in [0.15, 0.2) is 0 Å². The lowest BCUT2D eigenvalue weighted by Crippen LogP contribution is -2.51. The molecular weight excluding hydrogens is 324 g/mol. The summed E-state index contributed by atoms with van der Waals surface area (Å²) in [7, 11) is 1.50. The van der Waals surface area contributed by atoms with Crippen LogP contribution in [-0.4, -0.2) is 48.0 Å². The number of carbonyl (C=O) groups excluding carboxylic acids is 2. The van der Waals surface area contributed by atoms with Gasteiger partial charge in [0.2, 0.25) is 5.91 Å². The normalized spacial score (nSPS) is 19.8. The highest BCUT2D eigenvalue weighted by Crippen LogP contribution is 2.33. The Kier molecular flexibility index (Phi) is 5.11. The highest BCUT2D eigenvalue weighted by Gasteiger charge is 2.30. The molecule has 0 aliphatic carbocycles. The number of imide groups is 1. The van der Waals surface area contributed by atoms with Crippen LogP contribution in [0, 0.1) is 0 Å². The van der Waals surface area contributed by atoms with Gasteiger partial charge in [-0.25, -0.2) is 9.78 Å². The molecule has 1 fully saturated rings. The SMILES string of the molecule is CNC(=O)NC(=O)[C@@H](C)N1CCC[C@H](c2nc3ccccc3s2)C1. The first-order valence-electron chi connectivity index (χ1n) is 8.20. The number of rotatable bonds is 3. The van der Waals surface area contributed by atoms with Crippen molar-refractivity contribution in [3.8, 4) is 0 Å². The molecule has 2 atom stereocenters. The zero-order valence-electron chi connectivity index (χ0n) is 13.9. The van der Waals surface area contributed by atoms with Crippen LogP contribution in [0.25, 0.3) is 10.2 Å². The van der Waals surface area contributed by atoms with Crippen LogP contribution in [0.3, 0.4) is 0 Å². The van der Waals surface area contributed by atoms with E-state index >= 15 is 0 Å². The summed E-state index contributed by atoms with van der Waals surface area (Å²) in [5.41, 5.74) is 1.04. The molecule has 0 saturated carbocycles. The molecule has 2 N–H and O–H groups in total. The Hall–Kier alpha value is -1.99. The highest BCUT2D eigenvalue weighted by molar-refractivity contribution is 7.18. The number of para-hydroxylation sites is 1. The summed E-state index contributed by atoms with van der Waals surface area (Å²) in [6.07, 6.45) is 2.11. The Morgan fingerprint density at radius 2 is 2.17 bits per heavy atom. The molecule has 0 bridgehead atoms. The van der Waals surface area contributed by atoms with E-state index in [2.05, 4.69) is 21.6 Å². The molecule has 1 aliphatic heterocycles. The smallest absolute Gasteiger partial charge is 0.321 e. The predicted octanol–water partition coefficient (Wildman–Crippen LogP) is 2.32. The van der Waals surface area contributed by atoms with Gasteiger partial charge < -0.3 is 5.32 Å². The van der Waals surface area contributed by atoms with Crippen LogP contribution in [0.15, 0.2) is 24.3 Å². The zero-order chi connectivity index (χ0) is 17.1. The number of urea groups is 1. The molecule has 0 unspecified atom stereocenters. The molecule has 1 saturated heterocycles. The summed E-state index contributed by atoms with van der Waals surface area (Å²) >= 11 is 1.74. The van der Waals surface area contributed by atoms with E-state index in [1.165, 1.54) is 11.7 Å². The average molecular weight is 346 g/mol. The number of nitrogens with zero attached hydrogens (tertiary/aromatic N) is 2. The van der Waals surface area contributed by atoms with Crippen LogP contribution in [-0.2, 0) is 4.79 Å². The van der Waals surface area contributed by atoms with Crippen molar-refractivity contribution in [1.82, 2.24) is 20.5 Å². The molecule has 128 valence electrons. The fraction of sp³-hybridized carbons (Fsp3) is 0.471. The quantitative estimate of drug-likeness (QED) is 0.894. The van der Waals surface area contributed by atoms with Crippen molar-refractivity contribution in [2.75, 3.05) is 20.1 Å². The van der Waals surface area contributed by atoms with Gasteiger partial charge in [-0.05, 0) is 38.4 Å². The summed E-state index contributed by atoms with van der Waals surface area (Å²) < 4.78 is 1.20. The van der Waals surface area contributed by atoms with E-state index in [-0.39, 0.29) is 11.9 Å². The van der Waals surface area contributed by atoms with Gasteiger partial charge in [-0.3, -0.25) is 15.0 Å². The van der Waals surface area contributed by atoms with Gasteiger partial charge in [-0.15, -0.1) is 11.3 Å². The van der Waals surface area contributed by atoms with E-state index in [0.29, 0.717) is 5.92 Å². The maximum atomic E-state index is 12.2. The Bertz CT molecular complexity index is 712. The lowest BCUT2D eigenvalue weighted by atomic mass is 9.97. The third kappa shape index (κ3) is 3.57. The lowest BCUT2D eigenvalue weighted by molar-refractivity contribution is -0.125. The molecule has 24 heavy (non-hydrogen) atoms.